The maximum absolute atomic E-state index is 13.5. The molecule has 0 spiro atoms. The van der Waals surface area contributed by atoms with E-state index in [-0.39, 0.29) is 27.0 Å². The number of carbonyl (C=O) groups is 4. The first-order valence-electron chi connectivity index (χ1n) is 10.3. The second kappa shape index (κ2) is 10.2. The summed E-state index contributed by atoms with van der Waals surface area (Å²) < 4.78 is 18.1. The van der Waals surface area contributed by atoms with Gasteiger partial charge in [-0.3, -0.25) is 14.4 Å². The van der Waals surface area contributed by atoms with Crippen molar-refractivity contribution in [2.75, 3.05) is 22.6 Å². The standard InChI is InChI=1S/C25H16Cl2FN3O5/c1-36-25(35)13-5-7-15(8-6-13)30-22(32)14-3-2-4-16(11-14)29-21-20(27)23(33)31(24(21)34)17-9-10-19(28)18(26)12-17/h2-12,29H,1H3,(H,30,32). The summed E-state index contributed by atoms with van der Waals surface area (Å²) in [7, 11) is 1.27. The Hall–Kier alpha value is -4.21. The number of carbonyl (C=O) groups excluding carboxylic acids is 4. The van der Waals surface area contributed by atoms with Crippen molar-refractivity contribution in [3.8, 4) is 0 Å². The molecule has 4 rings (SSSR count). The molecule has 3 aromatic rings. The molecule has 1 aliphatic rings. The van der Waals surface area contributed by atoms with Crippen molar-refractivity contribution in [1.82, 2.24) is 0 Å². The first-order chi connectivity index (χ1) is 17.2. The zero-order chi connectivity index (χ0) is 26.0. The third-order valence-corrected chi connectivity index (χ3v) is 5.79. The highest BCUT2D eigenvalue weighted by Gasteiger charge is 2.39. The number of anilines is 3. The fraction of sp³-hybridized carbons (Fsp3) is 0.0400. The van der Waals surface area contributed by atoms with Crippen LogP contribution in [0.2, 0.25) is 5.02 Å². The van der Waals surface area contributed by atoms with Gasteiger partial charge in [-0.05, 0) is 60.7 Å². The van der Waals surface area contributed by atoms with E-state index in [1.165, 1.54) is 31.4 Å². The van der Waals surface area contributed by atoms with Crippen LogP contribution in [-0.2, 0) is 14.3 Å². The van der Waals surface area contributed by atoms with Crippen molar-refractivity contribution in [2.24, 2.45) is 0 Å². The van der Waals surface area contributed by atoms with Crippen LogP contribution in [0.4, 0.5) is 21.5 Å². The summed E-state index contributed by atoms with van der Waals surface area (Å²) in [6.07, 6.45) is 0. The normalized spacial score (nSPS) is 13.2. The zero-order valence-electron chi connectivity index (χ0n) is 18.5. The molecule has 3 amide bonds. The molecule has 0 atom stereocenters. The van der Waals surface area contributed by atoms with E-state index in [0.29, 0.717) is 16.9 Å². The van der Waals surface area contributed by atoms with Crippen LogP contribution in [0.25, 0.3) is 0 Å². The summed E-state index contributed by atoms with van der Waals surface area (Å²) in [5.41, 5.74) is 1.18. The monoisotopic (exact) mass is 527 g/mol. The molecule has 1 aliphatic heterocycles. The molecule has 0 unspecified atom stereocenters. The molecule has 36 heavy (non-hydrogen) atoms. The molecule has 0 saturated carbocycles. The summed E-state index contributed by atoms with van der Waals surface area (Å²) in [5.74, 6) is -3.24. The predicted octanol–water partition coefficient (Wildman–Crippen LogP) is 4.95. The van der Waals surface area contributed by atoms with Crippen LogP contribution >= 0.6 is 23.2 Å². The predicted molar refractivity (Wildman–Crippen MR) is 133 cm³/mol. The Morgan fingerprint density at radius 1 is 0.889 bits per heavy atom. The Kier molecular flexibility index (Phi) is 7.05. The van der Waals surface area contributed by atoms with E-state index < -0.39 is 29.5 Å². The number of ether oxygens (including phenoxy) is 1. The average molecular weight is 528 g/mol. The number of methoxy groups -OCH3 is 1. The van der Waals surface area contributed by atoms with Gasteiger partial charge in [0.2, 0.25) is 0 Å². The minimum Gasteiger partial charge on any atom is -0.465 e. The van der Waals surface area contributed by atoms with Gasteiger partial charge >= 0.3 is 5.97 Å². The number of hydrogen-bond acceptors (Lipinski definition) is 6. The van der Waals surface area contributed by atoms with Gasteiger partial charge in [0.05, 0.1) is 23.4 Å². The van der Waals surface area contributed by atoms with E-state index in [0.717, 1.165) is 17.0 Å². The minimum atomic E-state index is -0.809. The Balaban J connectivity index is 1.50. The Morgan fingerprint density at radius 2 is 1.61 bits per heavy atom. The van der Waals surface area contributed by atoms with Gasteiger partial charge in [-0.25, -0.2) is 14.1 Å². The first-order valence-corrected chi connectivity index (χ1v) is 11.1. The molecule has 2 N–H and O–H groups in total. The lowest BCUT2D eigenvalue weighted by atomic mass is 10.1. The van der Waals surface area contributed by atoms with E-state index in [4.69, 9.17) is 23.2 Å². The first kappa shape index (κ1) is 24.9. The summed E-state index contributed by atoms with van der Waals surface area (Å²) in [6, 6.07) is 15.7. The van der Waals surface area contributed by atoms with Gasteiger partial charge in [-0.2, -0.15) is 0 Å². The molecule has 0 aromatic heterocycles. The molecular weight excluding hydrogens is 512 g/mol. The zero-order valence-corrected chi connectivity index (χ0v) is 20.0. The van der Waals surface area contributed by atoms with Crippen molar-refractivity contribution in [3.63, 3.8) is 0 Å². The molecule has 0 aliphatic carbocycles. The third kappa shape index (κ3) is 4.93. The highest BCUT2D eigenvalue weighted by atomic mass is 35.5. The van der Waals surface area contributed by atoms with E-state index in [1.807, 2.05) is 0 Å². The van der Waals surface area contributed by atoms with Gasteiger partial charge in [-0.15, -0.1) is 0 Å². The number of esters is 1. The van der Waals surface area contributed by atoms with Gasteiger partial charge < -0.3 is 15.4 Å². The van der Waals surface area contributed by atoms with Crippen LogP contribution in [0.5, 0.6) is 0 Å². The van der Waals surface area contributed by atoms with Gasteiger partial charge in [0, 0.05) is 16.9 Å². The van der Waals surface area contributed by atoms with Crippen molar-refractivity contribution >= 4 is 64.0 Å². The highest BCUT2D eigenvalue weighted by Crippen LogP contribution is 2.32. The number of halogens is 3. The molecule has 1 heterocycles. The number of nitrogens with zero attached hydrogens (tertiary/aromatic N) is 1. The molecule has 0 radical (unpaired) electrons. The molecule has 11 heteroatoms. The second-order valence-electron chi connectivity index (χ2n) is 7.46. The molecular formula is C25H16Cl2FN3O5. The van der Waals surface area contributed by atoms with E-state index >= 15 is 0 Å². The molecule has 0 saturated heterocycles. The lowest BCUT2D eigenvalue weighted by molar-refractivity contribution is -0.120. The van der Waals surface area contributed by atoms with Crippen LogP contribution in [0.15, 0.2) is 77.5 Å². The fourth-order valence-electron chi connectivity index (χ4n) is 3.36. The van der Waals surface area contributed by atoms with Crippen molar-refractivity contribution in [1.29, 1.82) is 0 Å². The topological polar surface area (TPSA) is 105 Å². The highest BCUT2D eigenvalue weighted by molar-refractivity contribution is 6.53. The van der Waals surface area contributed by atoms with Crippen molar-refractivity contribution in [3.05, 3.63) is 99.4 Å². The number of nitrogens with one attached hydrogen (secondary N) is 2. The number of benzene rings is 3. The molecule has 182 valence electrons. The molecule has 0 fully saturated rings. The maximum atomic E-state index is 13.5. The van der Waals surface area contributed by atoms with Gasteiger partial charge in [0.25, 0.3) is 17.7 Å². The lowest BCUT2D eigenvalue weighted by Gasteiger charge is -2.15. The van der Waals surface area contributed by atoms with Crippen LogP contribution in [-0.4, -0.2) is 30.8 Å². The Labute approximate surface area is 214 Å². The Morgan fingerprint density at radius 3 is 2.28 bits per heavy atom. The Bertz CT molecular complexity index is 1440. The molecule has 0 bridgehead atoms. The summed E-state index contributed by atoms with van der Waals surface area (Å²) in [6.45, 7) is 0. The number of rotatable bonds is 6. The smallest absolute Gasteiger partial charge is 0.337 e. The molecule has 8 nitrogen and oxygen atoms in total. The second-order valence-corrected chi connectivity index (χ2v) is 8.25. The summed E-state index contributed by atoms with van der Waals surface area (Å²) >= 11 is 11.9. The van der Waals surface area contributed by atoms with Gasteiger partial charge in [0.15, 0.2) is 0 Å². The van der Waals surface area contributed by atoms with Gasteiger partial charge in [-0.1, -0.05) is 29.3 Å². The molecule has 3 aromatic carbocycles. The quantitative estimate of drug-likeness (QED) is 0.347. The fourth-order valence-corrected chi connectivity index (χ4v) is 3.75. The maximum Gasteiger partial charge on any atom is 0.337 e. The van der Waals surface area contributed by atoms with Gasteiger partial charge in [0.1, 0.15) is 16.5 Å². The average Bonchev–Trinajstić information content (AvgIpc) is 3.09. The van der Waals surface area contributed by atoms with Crippen LogP contribution < -0.4 is 15.5 Å². The van der Waals surface area contributed by atoms with Crippen LogP contribution in [0.1, 0.15) is 20.7 Å². The van der Waals surface area contributed by atoms with Crippen LogP contribution in [0.3, 0.4) is 0 Å². The van der Waals surface area contributed by atoms with Crippen molar-refractivity contribution in [2.45, 2.75) is 0 Å². The number of imide groups is 1. The summed E-state index contributed by atoms with van der Waals surface area (Å²) in [5, 5.41) is 4.84. The largest absolute Gasteiger partial charge is 0.465 e. The SMILES string of the molecule is COC(=O)c1ccc(NC(=O)c2cccc(NC3=C(Cl)C(=O)N(c4ccc(F)c(Cl)c4)C3=O)c2)cc1. The third-order valence-electron chi connectivity index (χ3n) is 5.15. The summed E-state index contributed by atoms with van der Waals surface area (Å²) in [4.78, 5) is 50.6. The van der Waals surface area contributed by atoms with Crippen LogP contribution in [0, 0.1) is 5.82 Å². The van der Waals surface area contributed by atoms with E-state index in [9.17, 15) is 23.6 Å². The van der Waals surface area contributed by atoms with E-state index in [1.54, 1.807) is 30.3 Å². The lowest BCUT2D eigenvalue weighted by Crippen LogP contribution is -2.32. The number of hydrogen-bond donors (Lipinski definition) is 2. The van der Waals surface area contributed by atoms with Crippen molar-refractivity contribution < 1.29 is 28.3 Å². The number of amides is 3. The van der Waals surface area contributed by atoms with E-state index in [2.05, 4.69) is 15.4 Å². The minimum absolute atomic E-state index is 0.0534.